The Balaban J connectivity index is 2.12. The Morgan fingerprint density at radius 1 is 1.15 bits per heavy atom. The highest BCUT2D eigenvalue weighted by Gasteiger charge is 2.07. The van der Waals surface area contributed by atoms with Crippen molar-refractivity contribution in [2.24, 2.45) is 0 Å². The molecule has 0 amide bonds. The molecule has 0 aromatic heterocycles. The van der Waals surface area contributed by atoms with Gasteiger partial charge in [0.2, 0.25) is 0 Å². The van der Waals surface area contributed by atoms with Gasteiger partial charge in [0.25, 0.3) is 0 Å². The molecule has 0 spiro atoms. The zero-order chi connectivity index (χ0) is 14.5. The SMILES string of the molecule is COCCc1ccc(Oc2cc(C)c(F)cc2N)cc1. The van der Waals surface area contributed by atoms with Crippen molar-refractivity contribution in [1.29, 1.82) is 0 Å². The van der Waals surface area contributed by atoms with E-state index in [0.717, 1.165) is 6.42 Å². The van der Waals surface area contributed by atoms with E-state index in [2.05, 4.69) is 0 Å². The lowest BCUT2D eigenvalue weighted by Gasteiger charge is -2.10. The van der Waals surface area contributed by atoms with Gasteiger partial charge in [-0.05, 0) is 42.7 Å². The number of benzene rings is 2. The Kier molecular flexibility index (Phi) is 4.58. The molecule has 2 aromatic carbocycles. The molecule has 4 heteroatoms. The van der Waals surface area contributed by atoms with Crippen LogP contribution in [0, 0.1) is 12.7 Å². The normalized spacial score (nSPS) is 10.6. The summed E-state index contributed by atoms with van der Waals surface area (Å²) in [7, 11) is 1.68. The summed E-state index contributed by atoms with van der Waals surface area (Å²) in [5, 5.41) is 0. The van der Waals surface area contributed by atoms with Crippen molar-refractivity contribution in [2.75, 3.05) is 19.5 Å². The highest BCUT2D eigenvalue weighted by atomic mass is 19.1. The average Bonchev–Trinajstić information content (AvgIpc) is 2.44. The van der Waals surface area contributed by atoms with Crippen LogP contribution in [0.25, 0.3) is 0 Å². The lowest BCUT2D eigenvalue weighted by atomic mass is 10.1. The molecule has 0 unspecified atom stereocenters. The van der Waals surface area contributed by atoms with E-state index in [1.165, 1.54) is 11.6 Å². The first-order valence-corrected chi connectivity index (χ1v) is 6.41. The molecule has 2 aromatic rings. The third-order valence-electron chi connectivity index (χ3n) is 3.04. The summed E-state index contributed by atoms with van der Waals surface area (Å²) in [5.41, 5.74) is 7.72. The zero-order valence-corrected chi connectivity index (χ0v) is 11.7. The third-order valence-corrected chi connectivity index (χ3v) is 3.04. The summed E-state index contributed by atoms with van der Waals surface area (Å²) in [4.78, 5) is 0. The van der Waals surface area contributed by atoms with Crippen molar-refractivity contribution in [1.82, 2.24) is 0 Å². The molecular weight excluding hydrogens is 257 g/mol. The van der Waals surface area contributed by atoms with Gasteiger partial charge in [-0.15, -0.1) is 0 Å². The average molecular weight is 275 g/mol. The first-order valence-electron chi connectivity index (χ1n) is 6.41. The van der Waals surface area contributed by atoms with Crippen LogP contribution in [0.3, 0.4) is 0 Å². The van der Waals surface area contributed by atoms with E-state index in [9.17, 15) is 4.39 Å². The second-order valence-electron chi connectivity index (χ2n) is 4.63. The second kappa shape index (κ2) is 6.39. The Labute approximate surface area is 118 Å². The summed E-state index contributed by atoms with van der Waals surface area (Å²) in [6, 6.07) is 10.6. The summed E-state index contributed by atoms with van der Waals surface area (Å²) < 4.78 is 24.0. The van der Waals surface area contributed by atoms with Crippen LogP contribution in [0.5, 0.6) is 11.5 Å². The van der Waals surface area contributed by atoms with E-state index < -0.39 is 0 Å². The van der Waals surface area contributed by atoms with Crippen LogP contribution >= 0.6 is 0 Å². The molecule has 20 heavy (non-hydrogen) atoms. The fraction of sp³-hybridized carbons (Fsp3) is 0.250. The molecule has 3 nitrogen and oxygen atoms in total. The summed E-state index contributed by atoms with van der Waals surface area (Å²) in [6.45, 7) is 2.36. The molecule has 0 fully saturated rings. The minimum absolute atomic E-state index is 0.288. The fourth-order valence-electron chi connectivity index (χ4n) is 1.83. The van der Waals surface area contributed by atoms with E-state index >= 15 is 0 Å². The quantitative estimate of drug-likeness (QED) is 0.846. The number of ether oxygens (including phenoxy) is 2. The smallest absolute Gasteiger partial charge is 0.150 e. The Morgan fingerprint density at radius 3 is 2.50 bits per heavy atom. The number of rotatable bonds is 5. The molecule has 0 saturated carbocycles. The maximum absolute atomic E-state index is 13.3. The summed E-state index contributed by atoms with van der Waals surface area (Å²) in [6.07, 6.45) is 0.856. The molecular formula is C16H18FNO2. The molecule has 0 heterocycles. The predicted octanol–water partition coefficient (Wildman–Crippen LogP) is 3.70. The molecule has 0 saturated heterocycles. The van der Waals surface area contributed by atoms with Gasteiger partial charge in [0.05, 0.1) is 12.3 Å². The van der Waals surface area contributed by atoms with Gasteiger partial charge in [0.1, 0.15) is 11.6 Å². The number of hydrogen-bond donors (Lipinski definition) is 1. The van der Waals surface area contributed by atoms with Crippen molar-refractivity contribution >= 4 is 5.69 Å². The maximum atomic E-state index is 13.3. The van der Waals surface area contributed by atoms with E-state index in [1.807, 2.05) is 24.3 Å². The van der Waals surface area contributed by atoms with Crippen LogP contribution in [0.2, 0.25) is 0 Å². The molecule has 0 aliphatic carbocycles. The highest BCUT2D eigenvalue weighted by molar-refractivity contribution is 5.55. The minimum Gasteiger partial charge on any atom is -0.455 e. The van der Waals surface area contributed by atoms with E-state index in [0.29, 0.717) is 23.7 Å². The number of halogens is 1. The predicted molar refractivity (Wildman–Crippen MR) is 77.6 cm³/mol. The monoisotopic (exact) mass is 275 g/mol. The van der Waals surface area contributed by atoms with Crippen molar-refractivity contribution < 1.29 is 13.9 Å². The molecule has 0 radical (unpaired) electrons. The molecule has 106 valence electrons. The summed E-state index contributed by atoms with van der Waals surface area (Å²) in [5.74, 6) is 0.808. The zero-order valence-electron chi connectivity index (χ0n) is 11.7. The van der Waals surface area contributed by atoms with Gasteiger partial charge in [-0.2, -0.15) is 0 Å². The van der Waals surface area contributed by atoms with Crippen LogP contribution < -0.4 is 10.5 Å². The number of anilines is 1. The fourth-order valence-corrected chi connectivity index (χ4v) is 1.83. The van der Waals surface area contributed by atoms with E-state index in [1.54, 1.807) is 20.1 Å². The number of hydrogen-bond acceptors (Lipinski definition) is 3. The van der Waals surface area contributed by atoms with Gasteiger partial charge >= 0.3 is 0 Å². The molecule has 2 rings (SSSR count). The summed E-state index contributed by atoms with van der Waals surface area (Å²) >= 11 is 0. The maximum Gasteiger partial charge on any atom is 0.150 e. The van der Waals surface area contributed by atoms with Crippen molar-refractivity contribution in [3.8, 4) is 11.5 Å². The van der Waals surface area contributed by atoms with Gasteiger partial charge in [-0.3, -0.25) is 0 Å². The Hall–Kier alpha value is -2.07. The Morgan fingerprint density at radius 2 is 1.85 bits per heavy atom. The second-order valence-corrected chi connectivity index (χ2v) is 4.63. The van der Waals surface area contributed by atoms with Gasteiger partial charge in [-0.25, -0.2) is 4.39 Å². The van der Waals surface area contributed by atoms with E-state index in [-0.39, 0.29) is 11.5 Å². The number of nitrogens with two attached hydrogens (primary N) is 1. The van der Waals surface area contributed by atoms with Gasteiger partial charge < -0.3 is 15.2 Å². The van der Waals surface area contributed by atoms with Gasteiger partial charge in [0.15, 0.2) is 5.75 Å². The van der Waals surface area contributed by atoms with Gasteiger partial charge in [0, 0.05) is 13.2 Å². The van der Waals surface area contributed by atoms with Crippen LogP contribution in [0.1, 0.15) is 11.1 Å². The molecule has 0 aliphatic heterocycles. The number of nitrogen functional groups attached to an aromatic ring is 1. The molecule has 0 atom stereocenters. The standard InChI is InChI=1S/C16H18FNO2/c1-11-9-16(15(18)10-14(11)17)20-13-5-3-12(4-6-13)7-8-19-2/h3-6,9-10H,7-8,18H2,1-2H3. The first kappa shape index (κ1) is 14.3. The highest BCUT2D eigenvalue weighted by Crippen LogP contribution is 2.29. The number of methoxy groups -OCH3 is 1. The van der Waals surface area contributed by atoms with Crippen LogP contribution in [0.4, 0.5) is 10.1 Å². The minimum atomic E-state index is -0.329. The first-order chi connectivity index (χ1) is 9.60. The topological polar surface area (TPSA) is 44.5 Å². The molecule has 2 N–H and O–H groups in total. The molecule has 0 aliphatic rings. The van der Waals surface area contributed by atoms with Crippen molar-refractivity contribution in [3.05, 3.63) is 53.3 Å². The lowest BCUT2D eigenvalue weighted by molar-refractivity contribution is 0.202. The van der Waals surface area contributed by atoms with Crippen molar-refractivity contribution in [3.63, 3.8) is 0 Å². The third kappa shape index (κ3) is 3.48. The Bertz CT molecular complexity index is 582. The van der Waals surface area contributed by atoms with E-state index in [4.69, 9.17) is 15.2 Å². The number of aryl methyl sites for hydroxylation is 1. The van der Waals surface area contributed by atoms with Crippen LogP contribution in [-0.2, 0) is 11.2 Å². The lowest BCUT2D eigenvalue weighted by Crippen LogP contribution is -1.96. The largest absolute Gasteiger partial charge is 0.455 e. The molecule has 0 bridgehead atoms. The van der Waals surface area contributed by atoms with Crippen LogP contribution in [-0.4, -0.2) is 13.7 Å². The van der Waals surface area contributed by atoms with Crippen molar-refractivity contribution in [2.45, 2.75) is 13.3 Å². The van der Waals surface area contributed by atoms with Gasteiger partial charge in [-0.1, -0.05) is 12.1 Å². The van der Waals surface area contributed by atoms with Crippen LogP contribution in [0.15, 0.2) is 36.4 Å².